The molecule has 1 aromatic rings. The van der Waals surface area contributed by atoms with Gasteiger partial charge in [0.05, 0.1) is 10.0 Å². The maximum absolute atomic E-state index is 6.08. The van der Waals surface area contributed by atoms with Crippen LogP contribution in [0.2, 0.25) is 15.1 Å². The van der Waals surface area contributed by atoms with E-state index in [0.29, 0.717) is 21.0 Å². The molecule has 0 aliphatic heterocycles. The van der Waals surface area contributed by atoms with Gasteiger partial charge in [-0.1, -0.05) is 48.7 Å². The second-order valence-corrected chi connectivity index (χ2v) is 5.19. The summed E-state index contributed by atoms with van der Waals surface area (Å²) >= 11 is 18.1. The summed E-state index contributed by atoms with van der Waals surface area (Å²) in [6, 6.07) is 3.24. The molecular weight excluding hydrogens is 288 g/mol. The smallest absolute Gasteiger partial charge is 0.0654 e. The molecule has 0 spiro atoms. The Morgan fingerprint density at radius 3 is 2.12 bits per heavy atom. The quantitative estimate of drug-likeness (QED) is 0.771. The lowest BCUT2D eigenvalue weighted by molar-refractivity contribution is 0.510. The minimum absolute atomic E-state index is 0. The third kappa shape index (κ3) is 3.97. The van der Waals surface area contributed by atoms with Crippen LogP contribution in [0, 0.1) is 5.92 Å². The van der Waals surface area contributed by atoms with E-state index in [4.69, 9.17) is 40.5 Å². The van der Waals surface area contributed by atoms with E-state index in [9.17, 15) is 0 Å². The highest BCUT2D eigenvalue weighted by Gasteiger charge is 2.17. The fraction of sp³-hybridized carbons (Fsp3) is 0.455. The summed E-state index contributed by atoms with van der Waals surface area (Å²) in [7, 11) is 0. The normalized spacial score (nSPS) is 12.4. The standard InChI is InChI=1S/C11H14Cl3N.ClH/c1-6(2)5-9(15)10-7(12)3-4-8(13)11(10)14;/h3-4,6,9H,5,15H2,1-2H3;1H/t9-;/m1./s1. The van der Waals surface area contributed by atoms with Crippen molar-refractivity contribution >= 4 is 47.2 Å². The molecule has 0 radical (unpaired) electrons. The van der Waals surface area contributed by atoms with Crippen molar-refractivity contribution in [3.05, 3.63) is 32.8 Å². The molecule has 0 unspecified atom stereocenters. The number of hydrogen-bond donors (Lipinski definition) is 1. The molecule has 92 valence electrons. The van der Waals surface area contributed by atoms with Crippen LogP contribution in [0.1, 0.15) is 31.9 Å². The Kier molecular flexibility index (Phi) is 7.07. The maximum Gasteiger partial charge on any atom is 0.0654 e. The third-order valence-corrected chi connectivity index (χ3v) is 3.32. The van der Waals surface area contributed by atoms with Gasteiger partial charge in [0, 0.05) is 16.6 Å². The molecule has 1 atom stereocenters. The molecule has 0 saturated carbocycles. The van der Waals surface area contributed by atoms with Crippen molar-refractivity contribution in [2.75, 3.05) is 0 Å². The molecule has 0 fully saturated rings. The summed E-state index contributed by atoms with van der Waals surface area (Å²) in [4.78, 5) is 0. The zero-order valence-electron chi connectivity index (χ0n) is 9.14. The molecule has 0 amide bonds. The molecule has 16 heavy (non-hydrogen) atoms. The van der Waals surface area contributed by atoms with Crippen LogP contribution < -0.4 is 5.73 Å². The van der Waals surface area contributed by atoms with Gasteiger partial charge in [0.15, 0.2) is 0 Å². The van der Waals surface area contributed by atoms with Crippen molar-refractivity contribution < 1.29 is 0 Å². The highest BCUT2D eigenvalue weighted by molar-refractivity contribution is 6.44. The number of rotatable bonds is 3. The molecule has 1 rings (SSSR count). The lowest BCUT2D eigenvalue weighted by Gasteiger charge is -2.17. The van der Waals surface area contributed by atoms with Crippen LogP contribution in [-0.4, -0.2) is 0 Å². The summed E-state index contributed by atoms with van der Waals surface area (Å²) < 4.78 is 0. The van der Waals surface area contributed by atoms with Crippen LogP contribution in [-0.2, 0) is 0 Å². The molecule has 1 nitrogen and oxygen atoms in total. The highest BCUT2D eigenvalue weighted by Crippen LogP contribution is 2.36. The molecule has 0 aliphatic rings. The monoisotopic (exact) mass is 301 g/mol. The minimum atomic E-state index is -0.163. The van der Waals surface area contributed by atoms with Crippen LogP contribution in [0.3, 0.4) is 0 Å². The Bertz CT molecular complexity index is 352. The molecule has 5 heteroatoms. The predicted molar refractivity (Wildman–Crippen MR) is 75.1 cm³/mol. The SMILES string of the molecule is CC(C)C[C@@H](N)c1c(Cl)ccc(Cl)c1Cl.Cl. The van der Waals surface area contributed by atoms with E-state index in [1.165, 1.54) is 0 Å². The van der Waals surface area contributed by atoms with E-state index >= 15 is 0 Å². The number of nitrogens with two attached hydrogens (primary N) is 1. The van der Waals surface area contributed by atoms with Crippen LogP contribution in [0.4, 0.5) is 0 Å². The van der Waals surface area contributed by atoms with Crippen LogP contribution in [0.15, 0.2) is 12.1 Å². The van der Waals surface area contributed by atoms with Crippen molar-refractivity contribution in [2.45, 2.75) is 26.3 Å². The topological polar surface area (TPSA) is 26.0 Å². The van der Waals surface area contributed by atoms with Crippen LogP contribution in [0.25, 0.3) is 0 Å². The summed E-state index contributed by atoms with van der Waals surface area (Å²) in [6.45, 7) is 4.21. The summed E-state index contributed by atoms with van der Waals surface area (Å²) in [5.41, 5.74) is 6.79. The first kappa shape index (κ1) is 16.3. The van der Waals surface area contributed by atoms with E-state index in [-0.39, 0.29) is 18.4 Å². The molecule has 0 aromatic heterocycles. The largest absolute Gasteiger partial charge is 0.324 e. The van der Waals surface area contributed by atoms with Crippen molar-refractivity contribution in [2.24, 2.45) is 11.7 Å². The van der Waals surface area contributed by atoms with Gasteiger partial charge in [-0.25, -0.2) is 0 Å². The lowest BCUT2D eigenvalue weighted by Crippen LogP contribution is -2.14. The second-order valence-electron chi connectivity index (χ2n) is 3.99. The second kappa shape index (κ2) is 6.93. The first-order valence-corrected chi connectivity index (χ1v) is 5.95. The van der Waals surface area contributed by atoms with Crippen molar-refractivity contribution in [3.8, 4) is 0 Å². The van der Waals surface area contributed by atoms with Gasteiger partial charge < -0.3 is 5.73 Å². The maximum atomic E-state index is 6.08. The molecule has 0 bridgehead atoms. The van der Waals surface area contributed by atoms with Gasteiger partial charge >= 0.3 is 0 Å². The summed E-state index contributed by atoms with van der Waals surface area (Å²) in [6.07, 6.45) is 0.833. The number of hydrogen-bond acceptors (Lipinski definition) is 1. The van der Waals surface area contributed by atoms with Gasteiger partial charge in [0.2, 0.25) is 0 Å². The molecule has 2 N–H and O–H groups in total. The Morgan fingerprint density at radius 2 is 1.62 bits per heavy atom. The minimum Gasteiger partial charge on any atom is -0.324 e. The Labute approximate surface area is 118 Å². The summed E-state index contributed by atoms with van der Waals surface area (Å²) in [5.74, 6) is 0.492. The average Bonchev–Trinajstić information content (AvgIpc) is 2.11. The fourth-order valence-corrected chi connectivity index (χ4v) is 2.32. The van der Waals surface area contributed by atoms with Gasteiger partial charge in [-0.3, -0.25) is 0 Å². The van der Waals surface area contributed by atoms with Crippen LogP contribution in [0.5, 0.6) is 0 Å². The fourth-order valence-electron chi connectivity index (χ4n) is 1.51. The van der Waals surface area contributed by atoms with Gasteiger partial charge in [0.25, 0.3) is 0 Å². The molecule has 0 aliphatic carbocycles. The lowest BCUT2D eigenvalue weighted by atomic mass is 9.98. The van der Waals surface area contributed by atoms with E-state index in [2.05, 4.69) is 13.8 Å². The first-order chi connectivity index (χ1) is 6.93. The van der Waals surface area contributed by atoms with Gasteiger partial charge in [0.1, 0.15) is 0 Å². The van der Waals surface area contributed by atoms with E-state index in [0.717, 1.165) is 12.0 Å². The Morgan fingerprint density at radius 1 is 1.12 bits per heavy atom. The van der Waals surface area contributed by atoms with E-state index < -0.39 is 0 Å². The van der Waals surface area contributed by atoms with Gasteiger partial charge in [-0.15, -0.1) is 12.4 Å². The molecule has 0 saturated heterocycles. The van der Waals surface area contributed by atoms with Gasteiger partial charge in [-0.2, -0.15) is 0 Å². The zero-order chi connectivity index (χ0) is 11.6. The zero-order valence-corrected chi connectivity index (χ0v) is 12.2. The number of benzene rings is 1. The first-order valence-electron chi connectivity index (χ1n) is 4.82. The summed E-state index contributed by atoms with van der Waals surface area (Å²) in [5, 5.41) is 1.55. The number of halogens is 4. The Hall–Kier alpha value is 0.340. The molecule has 0 heterocycles. The molecule has 1 aromatic carbocycles. The molecular formula is C11H15Cl4N. The van der Waals surface area contributed by atoms with Gasteiger partial charge in [-0.05, 0) is 24.5 Å². The van der Waals surface area contributed by atoms with Crippen molar-refractivity contribution in [1.29, 1.82) is 0 Å². The predicted octanol–water partition coefficient (Wildman–Crippen LogP) is 5.11. The Balaban J connectivity index is 0.00000225. The average molecular weight is 303 g/mol. The van der Waals surface area contributed by atoms with Crippen LogP contribution >= 0.6 is 47.2 Å². The van der Waals surface area contributed by atoms with Crippen molar-refractivity contribution in [3.63, 3.8) is 0 Å². The van der Waals surface area contributed by atoms with E-state index in [1.807, 2.05) is 0 Å². The van der Waals surface area contributed by atoms with Crippen molar-refractivity contribution in [1.82, 2.24) is 0 Å². The highest BCUT2D eigenvalue weighted by atomic mass is 35.5. The van der Waals surface area contributed by atoms with E-state index in [1.54, 1.807) is 12.1 Å². The third-order valence-electron chi connectivity index (χ3n) is 2.18.